The van der Waals surface area contributed by atoms with Crippen LogP contribution < -0.4 is 14.4 Å². The lowest BCUT2D eigenvalue weighted by atomic mass is 9.97. The van der Waals surface area contributed by atoms with Crippen LogP contribution in [0.25, 0.3) is 5.82 Å². The SMILES string of the molecule is S.[2H]C([2H])([2H])[C@@H]1CN(c2nc(-n3ccc(OCCC4(C(F)(F)F)CC4)n3)ccc2C(=O)NS(=O)(=O)c2ccccc2)C(C)(C)C1([2H])[2H]. The van der Waals surface area contributed by atoms with Gasteiger partial charge in [-0.05, 0) is 69.7 Å². The number of amides is 1. The first-order valence-corrected chi connectivity index (χ1v) is 14.3. The molecule has 0 radical (unpaired) electrons. The van der Waals surface area contributed by atoms with Crippen molar-refractivity contribution in [3.8, 4) is 11.7 Å². The van der Waals surface area contributed by atoms with Crippen molar-refractivity contribution in [2.75, 3.05) is 18.1 Å². The van der Waals surface area contributed by atoms with E-state index in [0.29, 0.717) is 0 Å². The van der Waals surface area contributed by atoms with Gasteiger partial charge in [0.15, 0.2) is 5.82 Å². The molecule has 9 nitrogen and oxygen atoms in total. The van der Waals surface area contributed by atoms with Crippen molar-refractivity contribution in [2.24, 2.45) is 11.3 Å². The summed E-state index contributed by atoms with van der Waals surface area (Å²) in [6.45, 7) is -0.401. The Balaban J connectivity index is 0.00000500. The number of pyridine rings is 1. The molecule has 2 aliphatic rings. The van der Waals surface area contributed by atoms with Gasteiger partial charge in [-0.2, -0.15) is 26.7 Å². The topological polar surface area (TPSA) is 106 Å². The Hall–Kier alpha value is -3.26. The molecule has 228 valence electrons. The molecule has 1 saturated carbocycles. The summed E-state index contributed by atoms with van der Waals surface area (Å²) in [7, 11) is -4.33. The number of ether oxygens (including phenoxy) is 1. The monoisotopic (exact) mass is 630 g/mol. The van der Waals surface area contributed by atoms with Crippen LogP contribution in [0, 0.1) is 11.3 Å². The van der Waals surface area contributed by atoms with E-state index in [2.05, 4.69) is 10.1 Å². The maximum atomic E-state index is 13.5. The van der Waals surface area contributed by atoms with Gasteiger partial charge in [0.05, 0.1) is 22.5 Å². The van der Waals surface area contributed by atoms with Gasteiger partial charge in [0.1, 0.15) is 5.82 Å². The number of benzene rings is 1. The number of alkyl halides is 3. The largest absolute Gasteiger partial charge is 0.477 e. The second kappa shape index (κ2) is 11.4. The fraction of sp³-hybridized carbons (Fsp3) is 0.464. The van der Waals surface area contributed by atoms with Crippen LogP contribution in [0.1, 0.15) is 63.5 Å². The predicted molar refractivity (Wildman–Crippen MR) is 156 cm³/mol. The minimum atomic E-state index is -4.33. The summed E-state index contributed by atoms with van der Waals surface area (Å²) in [5, 5.41) is 4.21. The van der Waals surface area contributed by atoms with Crippen LogP contribution in [0.4, 0.5) is 19.0 Å². The summed E-state index contributed by atoms with van der Waals surface area (Å²) in [5.41, 5.74) is -3.55. The highest BCUT2D eigenvalue weighted by molar-refractivity contribution is 7.90. The van der Waals surface area contributed by atoms with E-state index in [1.807, 2.05) is 4.72 Å². The van der Waals surface area contributed by atoms with E-state index in [1.54, 1.807) is 6.07 Å². The molecule has 1 aliphatic carbocycles. The number of hydrogen-bond donors (Lipinski definition) is 1. The third-order valence-corrected chi connectivity index (χ3v) is 8.64. The molecule has 5 rings (SSSR count). The van der Waals surface area contributed by atoms with Gasteiger partial charge < -0.3 is 9.64 Å². The van der Waals surface area contributed by atoms with E-state index < -0.39 is 52.2 Å². The van der Waals surface area contributed by atoms with E-state index in [4.69, 9.17) is 11.6 Å². The molecule has 0 bridgehead atoms. The molecule has 2 aromatic heterocycles. The molecular formula is C28H34F3N5O4S2. The summed E-state index contributed by atoms with van der Waals surface area (Å²) in [6.07, 6.45) is -5.35. The molecule has 0 unspecified atom stereocenters. The highest BCUT2D eigenvalue weighted by atomic mass is 32.2. The van der Waals surface area contributed by atoms with Crippen molar-refractivity contribution in [3.63, 3.8) is 0 Å². The Morgan fingerprint density at radius 3 is 2.52 bits per heavy atom. The van der Waals surface area contributed by atoms with Crippen LogP contribution in [-0.4, -0.2) is 54.0 Å². The standard InChI is InChI=1S/C28H32F3N5O4S.H2S/c1-19-17-26(2,3)35(18-19)24-21(25(37)34-41(38,39)20-7-5-4-6-8-20)9-10-22(32-24)36-15-11-23(33-36)40-16-14-27(12-13-27)28(29,30)31;/h4-11,15,19H,12-14,16-18H2,1-3H3,(H,34,37);1H2/t19-;/m0./s1/i1D3,17D2;. The van der Waals surface area contributed by atoms with Crippen molar-refractivity contribution >= 4 is 35.2 Å². The van der Waals surface area contributed by atoms with E-state index in [1.165, 1.54) is 72.1 Å². The molecule has 2 fully saturated rings. The Kier molecular flexibility index (Phi) is 6.88. The smallest absolute Gasteiger partial charge is 0.394 e. The maximum absolute atomic E-state index is 13.5. The van der Waals surface area contributed by atoms with Gasteiger partial charge in [-0.3, -0.25) is 4.79 Å². The minimum absolute atomic E-state index is 0. The number of halogens is 3. The van der Waals surface area contributed by atoms with Gasteiger partial charge in [0, 0.05) is 31.2 Å². The summed E-state index contributed by atoms with van der Waals surface area (Å²) in [5.74, 6) is -2.69. The van der Waals surface area contributed by atoms with Crippen LogP contribution >= 0.6 is 13.5 Å². The summed E-state index contributed by atoms with van der Waals surface area (Å²) in [6, 6.07) is 11.1. The molecule has 1 amide bonds. The normalized spacial score (nSPS) is 22.5. The molecule has 1 aromatic carbocycles. The van der Waals surface area contributed by atoms with Crippen LogP contribution in [0.5, 0.6) is 5.88 Å². The predicted octanol–water partition coefficient (Wildman–Crippen LogP) is 5.24. The van der Waals surface area contributed by atoms with Gasteiger partial charge in [-0.25, -0.2) is 22.8 Å². The average molecular weight is 631 g/mol. The van der Waals surface area contributed by atoms with Gasteiger partial charge in [0.2, 0.25) is 5.88 Å². The number of aromatic nitrogens is 3. The number of carbonyl (C=O) groups excluding carboxylic acids is 1. The molecular weight excluding hydrogens is 591 g/mol. The number of carbonyl (C=O) groups is 1. The molecule has 0 spiro atoms. The maximum Gasteiger partial charge on any atom is 0.394 e. The fourth-order valence-corrected chi connectivity index (χ4v) is 5.77. The zero-order valence-electron chi connectivity index (χ0n) is 27.8. The second-order valence-corrected chi connectivity index (χ2v) is 12.3. The third kappa shape index (κ3) is 6.38. The molecule has 1 aliphatic heterocycles. The van der Waals surface area contributed by atoms with Gasteiger partial charge in [-0.1, -0.05) is 25.1 Å². The highest BCUT2D eigenvalue weighted by Crippen LogP contribution is 2.59. The quantitative estimate of drug-likeness (QED) is 0.345. The first-order chi connectivity index (χ1) is 21.2. The van der Waals surface area contributed by atoms with Gasteiger partial charge in [-0.15, -0.1) is 5.10 Å². The number of sulfonamides is 1. The first-order valence-electron chi connectivity index (χ1n) is 15.4. The van der Waals surface area contributed by atoms with E-state index in [-0.39, 0.29) is 73.9 Å². The molecule has 3 aromatic rings. The minimum Gasteiger partial charge on any atom is -0.477 e. The lowest BCUT2D eigenvalue weighted by Gasteiger charge is -2.34. The van der Waals surface area contributed by atoms with Crippen LogP contribution in [0.3, 0.4) is 0 Å². The Labute approximate surface area is 257 Å². The Bertz CT molecular complexity index is 1730. The molecule has 14 heteroatoms. The van der Waals surface area contributed by atoms with Crippen LogP contribution in [-0.2, 0) is 10.0 Å². The Morgan fingerprint density at radius 1 is 1.19 bits per heavy atom. The molecule has 42 heavy (non-hydrogen) atoms. The summed E-state index contributed by atoms with van der Waals surface area (Å²) in [4.78, 5) is 19.2. The zero-order valence-corrected chi connectivity index (χ0v) is 24.6. The van der Waals surface area contributed by atoms with Crippen LogP contribution in [0.2, 0.25) is 0 Å². The zero-order chi connectivity index (χ0) is 33.9. The van der Waals surface area contributed by atoms with E-state index in [9.17, 15) is 26.4 Å². The molecule has 3 heterocycles. The van der Waals surface area contributed by atoms with Gasteiger partial charge >= 0.3 is 6.18 Å². The molecule has 1 atom stereocenters. The van der Waals surface area contributed by atoms with Crippen molar-refractivity contribution in [1.82, 2.24) is 19.5 Å². The van der Waals surface area contributed by atoms with E-state index >= 15 is 0 Å². The average Bonchev–Trinajstić information content (AvgIpc) is 3.56. The summed E-state index contributed by atoms with van der Waals surface area (Å²) < 4.78 is 116. The highest BCUT2D eigenvalue weighted by Gasteiger charge is 2.62. The summed E-state index contributed by atoms with van der Waals surface area (Å²) >= 11 is 0. The number of hydrogen-bond acceptors (Lipinski definition) is 7. The van der Waals surface area contributed by atoms with Crippen molar-refractivity contribution in [1.29, 1.82) is 0 Å². The first kappa shape index (κ1) is 25.3. The number of anilines is 1. The fourth-order valence-electron chi connectivity index (χ4n) is 4.79. The van der Waals surface area contributed by atoms with Crippen molar-refractivity contribution < 1.29 is 38.0 Å². The lowest BCUT2D eigenvalue weighted by Crippen LogP contribution is -2.41. The lowest BCUT2D eigenvalue weighted by molar-refractivity contribution is -0.190. The van der Waals surface area contributed by atoms with Crippen molar-refractivity contribution in [2.45, 2.75) is 62.9 Å². The third-order valence-electron chi connectivity index (χ3n) is 7.29. The van der Waals surface area contributed by atoms with E-state index in [0.717, 1.165) is 0 Å². The molecule has 1 saturated heterocycles. The number of nitrogens with zero attached hydrogens (tertiary/aromatic N) is 4. The number of rotatable bonds is 9. The Morgan fingerprint density at radius 2 is 1.90 bits per heavy atom. The van der Waals surface area contributed by atoms with Crippen molar-refractivity contribution in [3.05, 3.63) is 60.3 Å². The molecule has 1 N–H and O–H groups in total. The van der Waals surface area contributed by atoms with Crippen LogP contribution in [0.15, 0.2) is 59.6 Å². The second-order valence-electron chi connectivity index (χ2n) is 10.6. The van der Waals surface area contributed by atoms with Gasteiger partial charge in [0.25, 0.3) is 15.9 Å². The number of nitrogens with one attached hydrogen (secondary N) is 1.